The highest BCUT2D eigenvalue weighted by Crippen LogP contribution is 2.37. The lowest BCUT2D eigenvalue weighted by Gasteiger charge is -2.29. The van der Waals surface area contributed by atoms with Crippen molar-refractivity contribution in [3.8, 4) is 0 Å². The third kappa shape index (κ3) is 2.20. The van der Waals surface area contributed by atoms with E-state index in [9.17, 15) is 8.78 Å². The molecule has 0 amide bonds. The average Bonchev–Trinajstić information content (AvgIpc) is 2.71. The Labute approximate surface area is 116 Å². The molecule has 1 aliphatic rings. The first kappa shape index (κ1) is 13.5. The molecule has 1 saturated carbocycles. The van der Waals surface area contributed by atoms with Crippen LogP contribution in [0.15, 0.2) is 12.1 Å². The van der Waals surface area contributed by atoms with Crippen LogP contribution in [-0.2, 0) is 5.41 Å². The Morgan fingerprint density at radius 3 is 2.40 bits per heavy atom. The van der Waals surface area contributed by atoms with Crippen LogP contribution >= 0.6 is 0 Å². The summed E-state index contributed by atoms with van der Waals surface area (Å²) in [4.78, 5) is 7.64. The van der Waals surface area contributed by atoms with E-state index in [0.717, 1.165) is 37.6 Å². The van der Waals surface area contributed by atoms with Crippen LogP contribution < -0.4 is 5.73 Å². The minimum absolute atomic E-state index is 0.178. The predicted molar refractivity (Wildman–Crippen MR) is 74.4 cm³/mol. The lowest BCUT2D eigenvalue weighted by Crippen LogP contribution is -2.35. The summed E-state index contributed by atoms with van der Waals surface area (Å²) in [6.07, 6.45) is 6.63. The van der Waals surface area contributed by atoms with Gasteiger partial charge in [0.25, 0.3) is 0 Å². The zero-order valence-electron chi connectivity index (χ0n) is 11.4. The minimum atomic E-state index is -0.863. The Hall–Kier alpha value is -1.49. The van der Waals surface area contributed by atoms with Gasteiger partial charge >= 0.3 is 0 Å². The van der Waals surface area contributed by atoms with Crippen molar-refractivity contribution in [2.24, 2.45) is 5.73 Å². The normalized spacial score (nSPS) is 19.1. The number of hydrogen-bond acceptors (Lipinski definition) is 2. The van der Waals surface area contributed by atoms with Gasteiger partial charge in [0.2, 0.25) is 0 Å². The summed E-state index contributed by atoms with van der Waals surface area (Å²) in [7, 11) is 0. The third-order valence-electron chi connectivity index (χ3n) is 4.48. The molecular weight excluding hydrogens is 260 g/mol. The van der Waals surface area contributed by atoms with Gasteiger partial charge in [-0.2, -0.15) is 0 Å². The molecule has 0 aliphatic heterocycles. The number of H-pyrrole nitrogens is 1. The number of nitrogens with one attached hydrogen (secondary N) is 1. The smallest absolute Gasteiger partial charge is 0.161 e. The first-order valence-corrected chi connectivity index (χ1v) is 7.20. The Kier molecular flexibility index (Phi) is 3.46. The number of nitrogens with two attached hydrogens (primary N) is 1. The quantitative estimate of drug-likeness (QED) is 0.828. The summed E-state index contributed by atoms with van der Waals surface area (Å²) in [5, 5.41) is 0. The standard InChI is InChI=1S/C15H19F2N3/c16-10-7-12-13(8-11(10)17)20-14(19-12)15(9-18)5-3-1-2-4-6-15/h7-8H,1-6,9,18H2,(H,19,20). The molecule has 0 radical (unpaired) electrons. The number of nitrogens with zero attached hydrogens (tertiary/aromatic N) is 1. The van der Waals surface area contributed by atoms with Crippen LogP contribution in [0.2, 0.25) is 0 Å². The van der Waals surface area contributed by atoms with Crippen molar-refractivity contribution in [3.05, 3.63) is 29.6 Å². The maximum Gasteiger partial charge on any atom is 0.161 e. The summed E-state index contributed by atoms with van der Waals surface area (Å²) in [6.45, 7) is 0.512. The van der Waals surface area contributed by atoms with Crippen molar-refractivity contribution in [1.82, 2.24) is 9.97 Å². The second-order valence-corrected chi connectivity index (χ2v) is 5.77. The van der Waals surface area contributed by atoms with Gasteiger partial charge in [-0.25, -0.2) is 13.8 Å². The van der Waals surface area contributed by atoms with Gasteiger partial charge in [-0.1, -0.05) is 25.7 Å². The summed E-state index contributed by atoms with van der Waals surface area (Å²) in [6, 6.07) is 2.31. The predicted octanol–water partition coefficient (Wildman–Crippen LogP) is 3.39. The van der Waals surface area contributed by atoms with Crippen molar-refractivity contribution in [1.29, 1.82) is 0 Å². The van der Waals surface area contributed by atoms with E-state index in [0.29, 0.717) is 17.6 Å². The van der Waals surface area contributed by atoms with Gasteiger partial charge in [0.1, 0.15) is 5.82 Å². The second-order valence-electron chi connectivity index (χ2n) is 5.77. The Morgan fingerprint density at radius 2 is 1.75 bits per heavy atom. The molecule has 3 nitrogen and oxygen atoms in total. The van der Waals surface area contributed by atoms with Gasteiger partial charge in [-0.3, -0.25) is 0 Å². The molecule has 0 atom stereocenters. The van der Waals surface area contributed by atoms with E-state index < -0.39 is 11.6 Å². The lowest BCUT2D eigenvalue weighted by molar-refractivity contribution is 0.363. The topological polar surface area (TPSA) is 54.7 Å². The molecule has 0 spiro atoms. The van der Waals surface area contributed by atoms with Crippen molar-refractivity contribution >= 4 is 11.0 Å². The first-order valence-electron chi connectivity index (χ1n) is 7.20. The summed E-state index contributed by atoms with van der Waals surface area (Å²) in [5.41, 5.74) is 6.84. The Morgan fingerprint density at radius 1 is 1.10 bits per heavy atom. The van der Waals surface area contributed by atoms with Gasteiger partial charge < -0.3 is 10.7 Å². The lowest BCUT2D eigenvalue weighted by atomic mass is 9.79. The van der Waals surface area contributed by atoms with Gasteiger partial charge in [-0.05, 0) is 12.8 Å². The molecule has 0 unspecified atom stereocenters. The van der Waals surface area contributed by atoms with Gasteiger partial charge in [0, 0.05) is 24.1 Å². The van der Waals surface area contributed by atoms with Crippen molar-refractivity contribution < 1.29 is 8.78 Å². The molecule has 1 heterocycles. The molecule has 5 heteroatoms. The van der Waals surface area contributed by atoms with E-state index in [-0.39, 0.29) is 5.41 Å². The molecular formula is C15H19F2N3. The van der Waals surface area contributed by atoms with Gasteiger partial charge in [0.05, 0.1) is 11.0 Å². The molecule has 0 saturated heterocycles. The summed E-state index contributed by atoms with van der Waals surface area (Å²) >= 11 is 0. The fourth-order valence-electron chi connectivity index (χ4n) is 3.20. The molecule has 1 fully saturated rings. The SMILES string of the molecule is NCC1(c2nc3cc(F)c(F)cc3[nH]2)CCCCCC1. The van der Waals surface area contributed by atoms with E-state index in [1.165, 1.54) is 18.9 Å². The molecule has 20 heavy (non-hydrogen) atoms. The van der Waals surface area contributed by atoms with E-state index in [1.54, 1.807) is 0 Å². The zero-order chi connectivity index (χ0) is 14.2. The number of hydrogen-bond donors (Lipinski definition) is 2. The number of imidazole rings is 1. The molecule has 1 aromatic heterocycles. The van der Waals surface area contributed by atoms with Crippen molar-refractivity contribution in [2.45, 2.75) is 43.9 Å². The van der Waals surface area contributed by atoms with Crippen molar-refractivity contribution in [2.75, 3.05) is 6.54 Å². The van der Waals surface area contributed by atoms with Crippen LogP contribution in [0.3, 0.4) is 0 Å². The third-order valence-corrected chi connectivity index (χ3v) is 4.48. The van der Waals surface area contributed by atoms with Crippen LogP contribution in [0.25, 0.3) is 11.0 Å². The molecule has 3 rings (SSSR count). The average molecular weight is 279 g/mol. The zero-order valence-corrected chi connectivity index (χ0v) is 11.4. The van der Waals surface area contributed by atoms with Crippen LogP contribution in [0.5, 0.6) is 0 Å². The van der Waals surface area contributed by atoms with E-state index >= 15 is 0 Å². The van der Waals surface area contributed by atoms with E-state index in [4.69, 9.17) is 5.73 Å². The summed E-state index contributed by atoms with van der Waals surface area (Å²) < 4.78 is 26.6. The number of halogens is 2. The number of aromatic amines is 1. The minimum Gasteiger partial charge on any atom is -0.341 e. The maximum absolute atomic E-state index is 13.3. The van der Waals surface area contributed by atoms with E-state index in [2.05, 4.69) is 9.97 Å². The van der Waals surface area contributed by atoms with Gasteiger partial charge in [-0.15, -0.1) is 0 Å². The molecule has 108 valence electrons. The Balaban J connectivity index is 2.07. The number of aromatic nitrogens is 2. The molecule has 1 aliphatic carbocycles. The molecule has 2 aromatic rings. The Bertz CT molecular complexity index is 574. The number of benzene rings is 1. The van der Waals surface area contributed by atoms with E-state index in [1.807, 2.05) is 0 Å². The second kappa shape index (κ2) is 5.13. The highest BCUT2D eigenvalue weighted by molar-refractivity contribution is 5.75. The highest BCUT2D eigenvalue weighted by Gasteiger charge is 2.34. The van der Waals surface area contributed by atoms with Crippen LogP contribution in [0.1, 0.15) is 44.3 Å². The molecule has 3 N–H and O–H groups in total. The van der Waals surface area contributed by atoms with Crippen LogP contribution in [0.4, 0.5) is 8.78 Å². The fraction of sp³-hybridized carbons (Fsp3) is 0.533. The molecule has 0 bridgehead atoms. The largest absolute Gasteiger partial charge is 0.341 e. The summed E-state index contributed by atoms with van der Waals surface area (Å²) in [5.74, 6) is -0.935. The first-order chi connectivity index (χ1) is 9.64. The number of rotatable bonds is 2. The van der Waals surface area contributed by atoms with Gasteiger partial charge in [0.15, 0.2) is 11.6 Å². The van der Waals surface area contributed by atoms with Crippen molar-refractivity contribution in [3.63, 3.8) is 0 Å². The van der Waals surface area contributed by atoms with Crippen LogP contribution in [0, 0.1) is 11.6 Å². The number of fused-ring (bicyclic) bond motifs is 1. The maximum atomic E-state index is 13.3. The highest BCUT2D eigenvalue weighted by atomic mass is 19.2. The fourth-order valence-corrected chi connectivity index (χ4v) is 3.20. The monoisotopic (exact) mass is 279 g/mol. The van der Waals surface area contributed by atoms with Crippen LogP contribution in [-0.4, -0.2) is 16.5 Å². The molecule has 1 aromatic carbocycles.